The van der Waals surface area contributed by atoms with Crippen molar-refractivity contribution in [2.45, 2.75) is 6.35 Å². The first kappa shape index (κ1) is 10.5. The summed E-state index contributed by atoms with van der Waals surface area (Å²) in [7, 11) is 2.79. The van der Waals surface area contributed by atoms with Gasteiger partial charge >= 0.3 is 12.1 Å². The molecule has 1 rings (SSSR count). The Balaban J connectivity index is 2.91. The van der Waals surface area contributed by atoms with Gasteiger partial charge in [0.25, 0.3) is 0 Å². The number of nitrogens with zero attached hydrogens (tertiary/aromatic N) is 3. The first-order valence-corrected chi connectivity index (χ1v) is 4.10. The van der Waals surface area contributed by atoms with Crippen LogP contribution in [0.4, 0.5) is 9.59 Å². The molecule has 0 radical (unpaired) electrons. The van der Waals surface area contributed by atoms with E-state index in [0.29, 0.717) is 0 Å². The van der Waals surface area contributed by atoms with Crippen LogP contribution in [0.5, 0.6) is 0 Å². The lowest BCUT2D eigenvalue weighted by molar-refractivity contribution is -0.0760. The molecule has 6 nitrogen and oxygen atoms in total. The maximum atomic E-state index is 11.5. The minimum absolute atomic E-state index is 0.196. The molecule has 1 N–H and O–H groups in total. The van der Waals surface area contributed by atoms with Crippen molar-refractivity contribution in [1.29, 1.82) is 0 Å². The maximum absolute atomic E-state index is 11.5. The number of aliphatic hydroxyl groups is 1. The summed E-state index contributed by atoms with van der Waals surface area (Å²) in [6.45, 7) is 3.66. The van der Waals surface area contributed by atoms with Crippen LogP contribution in [0.3, 0.4) is 0 Å². The molecule has 6 heteroatoms. The van der Waals surface area contributed by atoms with Crippen LogP contribution < -0.4 is 0 Å². The third kappa shape index (κ3) is 1.44. The summed E-state index contributed by atoms with van der Waals surface area (Å²) in [5, 5.41) is 9.56. The predicted molar refractivity (Wildman–Crippen MR) is 49.2 cm³/mol. The molecule has 1 aliphatic rings. The summed E-state index contributed by atoms with van der Waals surface area (Å²) in [6, 6.07) is -1.05. The molecule has 0 aliphatic carbocycles. The molecule has 1 heterocycles. The van der Waals surface area contributed by atoms with E-state index in [2.05, 4.69) is 6.58 Å². The van der Waals surface area contributed by atoms with E-state index in [1.165, 1.54) is 20.2 Å². The molecule has 4 amide bonds. The van der Waals surface area contributed by atoms with Gasteiger partial charge in [-0.05, 0) is 0 Å². The molecule has 1 saturated heterocycles. The Bertz CT molecular complexity index is 279. The summed E-state index contributed by atoms with van der Waals surface area (Å²) >= 11 is 0. The molecule has 0 spiro atoms. The van der Waals surface area contributed by atoms with Crippen LogP contribution in [-0.2, 0) is 0 Å². The number of aliphatic hydroxyl groups excluding tert-OH is 1. The fourth-order valence-electron chi connectivity index (χ4n) is 1.23. The molecule has 0 bridgehead atoms. The van der Waals surface area contributed by atoms with Gasteiger partial charge in [0, 0.05) is 20.6 Å². The van der Waals surface area contributed by atoms with Crippen LogP contribution in [0.25, 0.3) is 0 Å². The standard InChI is InChI=1S/C8H13N3O3/c1-4-5-11-7(13)9(2)6(12)10(3)8(11)14/h4,7,13H,1,5H2,2-3H3. The monoisotopic (exact) mass is 199 g/mol. The minimum atomic E-state index is -1.22. The molecule has 78 valence electrons. The lowest BCUT2D eigenvalue weighted by atomic mass is 10.4. The average molecular weight is 199 g/mol. The van der Waals surface area contributed by atoms with Crippen molar-refractivity contribution in [1.82, 2.24) is 14.7 Å². The van der Waals surface area contributed by atoms with Crippen molar-refractivity contribution in [2.75, 3.05) is 20.6 Å². The van der Waals surface area contributed by atoms with Crippen LogP contribution in [0.15, 0.2) is 12.7 Å². The Morgan fingerprint density at radius 2 is 2.00 bits per heavy atom. The van der Waals surface area contributed by atoms with E-state index in [9.17, 15) is 14.7 Å². The SMILES string of the molecule is C=CCN1C(=O)N(C)C(=O)N(C)C1O. The fraction of sp³-hybridized carbons (Fsp3) is 0.500. The molecule has 0 aromatic heterocycles. The molecular weight excluding hydrogens is 186 g/mol. The lowest BCUT2D eigenvalue weighted by Gasteiger charge is -2.41. The van der Waals surface area contributed by atoms with E-state index in [1.807, 2.05) is 0 Å². The first-order chi connectivity index (χ1) is 6.50. The summed E-state index contributed by atoms with van der Waals surface area (Å²) in [5.41, 5.74) is 0. The zero-order chi connectivity index (χ0) is 10.9. The Morgan fingerprint density at radius 3 is 2.50 bits per heavy atom. The fourth-order valence-corrected chi connectivity index (χ4v) is 1.23. The van der Waals surface area contributed by atoms with E-state index in [4.69, 9.17) is 0 Å². The lowest BCUT2D eigenvalue weighted by Crippen LogP contribution is -2.64. The van der Waals surface area contributed by atoms with Gasteiger partial charge in [0.2, 0.25) is 6.35 Å². The largest absolute Gasteiger partial charge is 0.356 e. The van der Waals surface area contributed by atoms with Crippen molar-refractivity contribution < 1.29 is 14.7 Å². The third-order valence-electron chi connectivity index (χ3n) is 2.07. The highest BCUT2D eigenvalue weighted by atomic mass is 16.3. The van der Waals surface area contributed by atoms with E-state index in [-0.39, 0.29) is 6.54 Å². The summed E-state index contributed by atoms with van der Waals surface area (Å²) in [6.07, 6.45) is 0.266. The number of hydrogen-bond donors (Lipinski definition) is 1. The maximum Gasteiger partial charge on any atom is 0.331 e. The molecular formula is C8H13N3O3. The predicted octanol–water partition coefficient (Wildman–Crippen LogP) is -0.132. The van der Waals surface area contributed by atoms with Gasteiger partial charge < -0.3 is 5.11 Å². The third-order valence-corrected chi connectivity index (χ3v) is 2.07. The number of rotatable bonds is 2. The quantitative estimate of drug-likeness (QED) is 0.630. The number of carbonyl (C=O) groups is 2. The topological polar surface area (TPSA) is 64.1 Å². The highest BCUT2D eigenvalue weighted by Crippen LogP contribution is 2.14. The molecule has 1 unspecified atom stereocenters. The first-order valence-electron chi connectivity index (χ1n) is 4.10. The van der Waals surface area contributed by atoms with Crippen LogP contribution >= 0.6 is 0 Å². The second-order valence-corrected chi connectivity index (χ2v) is 3.02. The van der Waals surface area contributed by atoms with Crippen molar-refractivity contribution in [3.8, 4) is 0 Å². The van der Waals surface area contributed by atoms with Crippen LogP contribution in [0, 0.1) is 0 Å². The molecule has 0 saturated carbocycles. The molecule has 0 aromatic rings. The van der Waals surface area contributed by atoms with E-state index < -0.39 is 18.4 Å². The summed E-state index contributed by atoms with van der Waals surface area (Å²) in [4.78, 5) is 25.9. The second kappa shape index (κ2) is 3.67. The van der Waals surface area contributed by atoms with E-state index in [1.54, 1.807) is 0 Å². The van der Waals surface area contributed by atoms with Gasteiger partial charge in [0.1, 0.15) is 0 Å². The number of hydrogen-bond acceptors (Lipinski definition) is 3. The normalized spacial score (nSPS) is 23.1. The number of imide groups is 1. The Labute approximate surface area is 82.0 Å². The van der Waals surface area contributed by atoms with Crippen LogP contribution in [0.2, 0.25) is 0 Å². The van der Waals surface area contributed by atoms with Crippen molar-refractivity contribution >= 4 is 12.1 Å². The van der Waals surface area contributed by atoms with Gasteiger partial charge in [-0.15, -0.1) is 6.58 Å². The average Bonchev–Trinajstić information content (AvgIpc) is 2.19. The molecule has 0 aromatic carbocycles. The smallest absolute Gasteiger partial charge is 0.331 e. The molecule has 14 heavy (non-hydrogen) atoms. The van der Waals surface area contributed by atoms with Crippen molar-refractivity contribution in [3.05, 3.63) is 12.7 Å². The Kier molecular flexibility index (Phi) is 2.76. The molecule has 1 aliphatic heterocycles. The number of amides is 4. The van der Waals surface area contributed by atoms with Gasteiger partial charge in [0.15, 0.2) is 0 Å². The molecule has 1 atom stereocenters. The zero-order valence-corrected chi connectivity index (χ0v) is 8.17. The minimum Gasteiger partial charge on any atom is -0.356 e. The number of carbonyl (C=O) groups excluding carboxylic acids is 2. The Hall–Kier alpha value is -1.56. The van der Waals surface area contributed by atoms with Crippen LogP contribution in [0.1, 0.15) is 0 Å². The summed E-state index contributed by atoms with van der Waals surface area (Å²) in [5.74, 6) is 0. The van der Waals surface area contributed by atoms with E-state index >= 15 is 0 Å². The number of urea groups is 2. The van der Waals surface area contributed by atoms with Gasteiger partial charge in [-0.2, -0.15) is 0 Å². The van der Waals surface area contributed by atoms with Gasteiger partial charge in [0.05, 0.1) is 0 Å². The van der Waals surface area contributed by atoms with Crippen molar-refractivity contribution in [2.24, 2.45) is 0 Å². The Morgan fingerprint density at radius 1 is 1.43 bits per heavy atom. The van der Waals surface area contributed by atoms with E-state index in [0.717, 1.165) is 14.7 Å². The van der Waals surface area contributed by atoms with Crippen LogP contribution in [-0.4, -0.2) is 58.9 Å². The second-order valence-electron chi connectivity index (χ2n) is 3.02. The van der Waals surface area contributed by atoms with Crippen molar-refractivity contribution in [3.63, 3.8) is 0 Å². The highest BCUT2D eigenvalue weighted by Gasteiger charge is 2.38. The van der Waals surface area contributed by atoms with Gasteiger partial charge in [-0.3, -0.25) is 9.80 Å². The zero-order valence-electron chi connectivity index (χ0n) is 8.17. The molecule has 1 fully saturated rings. The van der Waals surface area contributed by atoms with Gasteiger partial charge in [-0.25, -0.2) is 14.5 Å². The highest BCUT2D eigenvalue weighted by molar-refractivity contribution is 5.95. The summed E-state index contributed by atoms with van der Waals surface area (Å²) < 4.78 is 0. The van der Waals surface area contributed by atoms with Gasteiger partial charge in [-0.1, -0.05) is 6.08 Å².